The summed E-state index contributed by atoms with van der Waals surface area (Å²) in [6, 6.07) is 4.14. The van der Waals surface area contributed by atoms with Crippen LogP contribution in [0.3, 0.4) is 0 Å². The fourth-order valence-corrected chi connectivity index (χ4v) is 2.31. The van der Waals surface area contributed by atoms with Gasteiger partial charge in [-0.25, -0.2) is 0 Å². The molecule has 0 radical (unpaired) electrons. The molecule has 1 aliphatic heterocycles. The number of furan rings is 1. The number of Topliss-reactive ketones (excluding diaryl/α,β-unsaturated/α-hetero) is 1. The molecule has 1 saturated heterocycles. The van der Waals surface area contributed by atoms with Crippen LogP contribution in [0.2, 0.25) is 0 Å². The molecule has 94 valence electrons. The van der Waals surface area contributed by atoms with Gasteiger partial charge in [0.05, 0.1) is 12.8 Å². The number of hydrogen-bond acceptors (Lipinski definition) is 4. The van der Waals surface area contributed by atoms with Crippen LogP contribution in [0.5, 0.6) is 0 Å². The molecule has 1 aromatic rings. The zero-order valence-corrected chi connectivity index (χ0v) is 10.6. The van der Waals surface area contributed by atoms with Gasteiger partial charge in [-0.2, -0.15) is 0 Å². The number of rotatable bonds is 4. The Labute approximate surface area is 102 Å². The van der Waals surface area contributed by atoms with Crippen molar-refractivity contribution < 1.29 is 9.21 Å². The number of carbonyl (C=O) groups is 1. The standard InChI is InChI=1S/C13H20N2O2/c1-14(2)11-5-7-15(8-6-11)10-12(16)13-4-3-9-17-13/h3-4,9,11H,5-8,10H2,1-2H3. The third-order valence-corrected chi connectivity index (χ3v) is 3.45. The maximum absolute atomic E-state index is 11.8. The molecule has 4 heteroatoms. The summed E-state index contributed by atoms with van der Waals surface area (Å²) in [6.07, 6.45) is 3.82. The first-order valence-corrected chi connectivity index (χ1v) is 6.12. The monoisotopic (exact) mass is 236 g/mol. The maximum atomic E-state index is 11.8. The number of piperidine rings is 1. The van der Waals surface area contributed by atoms with Gasteiger partial charge in [-0.3, -0.25) is 9.69 Å². The number of carbonyl (C=O) groups excluding carboxylic acids is 1. The van der Waals surface area contributed by atoms with E-state index in [-0.39, 0.29) is 5.78 Å². The molecule has 4 nitrogen and oxygen atoms in total. The summed E-state index contributed by atoms with van der Waals surface area (Å²) in [5.41, 5.74) is 0. The van der Waals surface area contributed by atoms with E-state index in [1.807, 2.05) is 0 Å². The molecule has 0 bridgehead atoms. The first-order chi connectivity index (χ1) is 8.16. The predicted octanol–water partition coefficient (Wildman–Crippen LogP) is 1.49. The summed E-state index contributed by atoms with van der Waals surface area (Å²) in [7, 11) is 4.24. The van der Waals surface area contributed by atoms with Crippen LogP contribution in [0.15, 0.2) is 22.8 Å². The van der Waals surface area contributed by atoms with Crippen LogP contribution < -0.4 is 0 Å². The van der Waals surface area contributed by atoms with Crippen LogP contribution in [-0.4, -0.2) is 55.4 Å². The number of ketones is 1. The van der Waals surface area contributed by atoms with Crippen LogP contribution in [0.25, 0.3) is 0 Å². The van der Waals surface area contributed by atoms with E-state index in [4.69, 9.17) is 4.42 Å². The molecule has 1 aromatic heterocycles. The topological polar surface area (TPSA) is 36.7 Å². The average Bonchev–Trinajstić information content (AvgIpc) is 2.83. The predicted molar refractivity (Wildman–Crippen MR) is 66.2 cm³/mol. The lowest BCUT2D eigenvalue weighted by molar-refractivity contribution is 0.0848. The van der Waals surface area contributed by atoms with Crippen LogP contribution in [0.1, 0.15) is 23.4 Å². The molecule has 0 N–H and O–H groups in total. The molecular formula is C13H20N2O2. The van der Waals surface area contributed by atoms with E-state index in [2.05, 4.69) is 23.9 Å². The van der Waals surface area contributed by atoms with Crippen LogP contribution in [-0.2, 0) is 0 Å². The van der Waals surface area contributed by atoms with Crippen molar-refractivity contribution in [2.45, 2.75) is 18.9 Å². The lowest BCUT2D eigenvalue weighted by Gasteiger charge is -2.34. The van der Waals surface area contributed by atoms with E-state index >= 15 is 0 Å². The molecule has 0 spiro atoms. The van der Waals surface area contributed by atoms with Crippen molar-refractivity contribution in [1.29, 1.82) is 0 Å². The number of hydrogen-bond donors (Lipinski definition) is 0. The van der Waals surface area contributed by atoms with Crippen molar-refractivity contribution in [3.05, 3.63) is 24.2 Å². The van der Waals surface area contributed by atoms with Crippen molar-refractivity contribution >= 4 is 5.78 Å². The lowest BCUT2D eigenvalue weighted by Crippen LogP contribution is -2.43. The number of nitrogens with zero attached hydrogens (tertiary/aromatic N) is 2. The van der Waals surface area contributed by atoms with Gasteiger partial charge < -0.3 is 9.32 Å². The molecule has 2 heterocycles. The summed E-state index contributed by atoms with van der Waals surface area (Å²) in [5.74, 6) is 0.554. The maximum Gasteiger partial charge on any atom is 0.211 e. The Hall–Kier alpha value is -1.13. The molecule has 2 rings (SSSR count). The molecule has 1 fully saturated rings. The smallest absolute Gasteiger partial charge is 0.211 e. The van der Waals surface area contributed by atoms with Gasteiger partial charge in [0.2, 0.25) is 5.78 Å². The highest BCUT2D eigenvalue weighted by atomic mass is 16.3. The van der Waals surface area contributed by atoms with Crippen molar-refractivity contribution in [3.8, 4) is 0 Å². The zero-order chi connectivity index (χ0) is 12.3. The van der Waals surface area contributed by atoms with Crippen molar-refractivity contribution in [3.63, 3.8) is 0 Å². The average molecular weight is 236 g/mol. The normalized spacial score (nSPS) is 18.8. The van der Waals surface area contributed by atoms with E-state index < -0.39 is 0 Å². The second-order valence-corrected chi connectivity index (χ2v) is 4.87. The Morgan fingerprint density at radius 1 is 1.47 bits per heavy atom. The van der Waals surface area contributed by atoms with Crippen molar-refractivity contribution in [1.82, 2.24) is 9.80 Å². The van der Waals surface area contributed by atoms with Crippen LogP contribution >= 0.6 is 0 Å². The number of likely N-dealkylation sites (tertiary alicyclic amines) is 1. The Balaban J connectivity index is 1.80. The Kier molecular flexibility index (Phi) is 3.97. The molecule has 0 aromatic carbocycles. The molecule has 1 aliphatic rings. The van der Waals surface area contributed by atoms with Gasteiger partial charge in [-0.15, -0.1) is 0 Å². The SMILES string of the molecule is CN(C)C1CCN(CC(=O)c2ccco2)CC1. The van der Waals surface area contributed by atoms with E-state index in [1.54, 1.807) is 18.4 Å². The largest absolute Gasteiger partial charge is 0.461 e. The minimum absolute atomic E-state index is 0.0818. The van der Waals surface area contributed by atoms with Crippen molar-refractivity contribution in [2.24, 2.45) is 0 Å². The van der Waals surface area contributed by atoms with Crippen LogP contribution in [0.4, 0.5) is 0 Å². The first kappa shape index (κ1) is 12.3. The van der Waals surface area contributed by atoms with E-state index in [9.17, 15) is 4.79 Å². The molecule has 17 heavy (non-hydrogen) atoms. The van der Waals surface area contributed by atoms with Gasteiger partial charge in [-0.05, 0) is 39.1 Å². The van der Waals surface area contributed by atoms with Gasteiger partial charge in [0.25, 0.3) is 0 Å². The minimum Gasteiger partial charge on any atom is -0.461 e. The second kappa shape index (κ2) is 5.47. The Morgan fingerprint density at radius 2 is 2.18 bits per heavy atom. The summed E-state index contributed by atoms with van der Waals surface area (Å²) in [6.45, 7) is 2.47. The van der Waals surface area contributed by atoms with Gasteiger partial charge in [0.15, 0.2) is 5.76 Å². The second-order valence-electron chi connectivity index (χ2n) is 4.87. The highest BCUT2D eigenvalue weighted by Crippen LogP contribution is 2.14. The molecule has 0 unspecified atom stereocenters. The summed E-state index contributed by atoms with van der Waals surface area (Å²) in [4.78, 5) is 16.3. The summed E-state index contributed by atoms with van der Waals surface area (Å²) >= 11 is 0. The molecular weight excluding hydrogens is 216 g/mol. The summed E-state index contributed by atoms with van der Waals surface area (Å²) in [5, 5.41) is 0. The first-order valence-electron chi connectivity index (χ1n) is 6.12. The lowest BCUT2D eigenvalue weighted by atomic mass is 10.0. The molecule has 0 amide bonds. The van der Waals surface area contributed by atoms with Crippen molar-refractivity contribution in [2.75, 3.05) is 33.7 Å². The zero-order valence-electron chi connectivity index (χ0n) is 10.6. The third-order valence-electron chi connectivity index (χ3n) is 3.45. The van der Waals surface area contributed by atoms with Gasteiger partial charge in [0.1, 0.15) is 0 Å². The van der Waals surface area contributed by atoms with Gasteiger partial charge in [-0.1, -0.05) is 0 Å². The third kappa shape index (κ3) is 3.17. The minimum atomic E-state index is 0.0818. The molecule has 0 saturated carbocycles. The van der Waals surface area contributed by atoms with E-state index in [0.717, 1.165) is 25.9 Å². The summed E-state index contributed by atoms with van der Waals surface area (Å²) < 4.78 is 5.11. The highest BCUT2D eigenvalue weighted by Gasteiger charge is 2.22. The Bertz CT molecular complexity index is 352. The van der Waals surface area contributed by atoms with E-state index in [0.29, 0.717) is 18.3 Å². The highest BCUT2D eigenvalue weighted by molar-refractivity contribution is 5.94. The van der Waals surface area contributed by atoms with Crippen LogP contribution in [0, 0.1) is 0 Å². The van der Waals surface area contributed by atoms with Gasteiger partial charge in [0, 0.05) is 19.1 Å². The van der Waals surface area contributed by atoms with E-state index in [1.165, 1.54) is 0 Å². The quantitative estimate of drug-likeness (QED) is 0.742. The fraction of sp³-hybridized carbons (Fsp3) is 0.615. The van der Waals surface area contributed by atoms with Gasteiger partial charge >= 0.3 is 0 Å². The fourth-order valence-electron chi connectivity index (χ4n) is 2.31. The molecule has 0 aliphatic carbocycles. The Morgan fingerprint density at radius 3 is 2.71 bits per heavy atom. The molecule has 0 atom stereocenters.